The van der Waals surface area contributed by atoms with Crippen LogP contribution in [0, 0.1) is 5.82 Å². The van der Waals surface area contributed by atoms with Crippen LogP contribution in [0.1, 0.15) is 11.1 Å². The molecule has 23 heavy (non-hydrogen) atoms. The number of aromatic nitrogens is 1. The zero-order valence-electron chi connectivity index (χ0n) is 12.6. The molecule has 0 spiro atoms. The van der Waals surface area contributed by atoms with Crippen LogP contribution < -0.4 is 5.32 Å². The van der Waals surface area contributed by atoms with Gasteiger partial charge in [-0.1, -0.05) is 43.0 Å². The molecule has 1 heterocycles. The van der Waals surface area contributed by atoms with E-state index in [0.717, 1.165) is 11.1 Å². The average Bonchev–Trinajstić information content (AvgIpc) is 2.61. The molecular weight excluding hydrogens is 291 g/mol. The van der Waals surface area contributed by atoms with Crippen LogP contribution in [0.4, 0.5) is 4.39 Å². The van der Waals surface area contributed by atoms with Crippen LogP contribution >= 0.6 is 0 Å². The molecule has 0 radical (unpaired) electrons. The number of nitrogens with zero attached hydrogens (tertiary/aromatic N) is 1. The lowest BCUT2D eigenvalue weighted by Gasteiger charge is -2.04. The molecule has 3 aromatic rings. The molecule has 0 aliphatic rings. The monoisotopic (exact) mass is 308 g/mol. The Labute approximate surface area is 134 Å². The predicted molar refractivity (Wildman–Crippen MR) is 91.1 cm³/mol. The van der Waals surface area contributed by atoms with Crippen molar-refractivity contribution in [2.75, 3.05) is 0 Å². The second kappa shape index (κ2) is 8.44. The van der Waals surface area contributed by atoms with Crippen molar-refractivity contribution in [3.8, 4) is 0 Å². The number of hydrogen-bond donors (Lipinski definition) is 1. The molecule has 0 aliphatic carbocycles. The molecule has 2 aromatic carbocycles. The molecule has 0 saturated carbocycles. The fourth-order valence-electron chi connectivity index (χ4n) is 2.08. The summed E-state index contributed by atoms with van der Waals surface area (Å²) in [5.74, 6) is -0.301. The van der Waals surface area contributed by atoms with Gasteiger partial charge in [-0.2, -0.15) is 0 Å². The van der Waals surface area contributed by atoms with E-state index in [-0.39, 0.29) is 5.82 Å². The zero-order chi connectivity index (χ0) is 16.5. The fraction of sp³-hybridized carbons (Fsp3) is 0.0526. The van der Waals surface area contributed by atoms with E-state index in [4.69, 9.17) is 0 Å². The van der Waals surface area contributed by atoms with E-state index in [2.05, 4.69) is 29.0 Å². The number of hydrogen-bond acceptors (Lipinski definition) is 2. The highest BCUT2D eigenvalue weighted by atomic mass is 19.1. The van der Waals surface area contributed by atoms with Gasteiger partial charge in [0.15, 0.2) is 0 Å². The Hall–Kier alpha value is -3.01. The molecule has 1 N–H and O–H groups in total. The summed E-state index contributed by atoms with van der Waals surface area (Å²) in [7, 11) is 0. The molecule has 4 heteroatoms. The molecule has 1 amide bonds. The normalized spacial score (nSPS) is 9.61. The fourth-order valence-corrected chi connectivity index (χ4v) is 2.08. The number of halogens is 1. The van der Waals surface area contributed by atoms with Gasteiger partial charge >= 0.3 is 0 Å². The summed E-state index contributed by atoms with van der Waals surface area (Å²) in [4.78, 5) is 14.2. The van der Waals surface area contributed by atoms with Crippen LogP contribution in [0.25, 0.3) is 17.0 Å². The molecule has 0 aliphatic heterocycles. The average molecular weight is 308 g/mol. The van der Waals surface area contributed by atoms with E-state index in [1.807, 2.05) is 30.5 Å². The van der Waals surface area contributed by atoms with Crippen LogP contribution in [0.2, 0.25) is 0 Å². The van der Waals surface area contributed by atoms with Crippen molar-refractivity contribution >= 4 is 23.4 Å². The summed E-state index contributed by atoms with van der Waals surface area (Å²) in [6.45, 7) is 3.95. The van der Waals surface area contributed by atoms with Crippen molar-refractivity contribution < 1.29 is 9.18 Å². The lowest BCUT2D eigenvalue weighted by Crippen LogP contribution is -2.10. The first-order valence-corrected chi connectivity index (χ1v) is 7.12. The molecule has 0 unspecified atom stereocenters. The number of amides is 1. The Morgan fingerprint density at radius 3 is 2.65 bits per heavy atom. The van der Waals surface area contributed by atoms with Gasteiger partial charge < -0.3 is 5.32 Å². The van der Waals surface area contributed by atoms with Crippen molar-refractivity contribution in [1.82, 2.24) is 10.3 Å². The molecule has 116 valence electrons. The van der Waals surface area contributed by atoms with Gasteiger partial charge in [-0.3, -0.25) is 9.78 Å². The van der Waals surface area contributed by atoms with E-state index in [1.54, 1.807) is 12.1 Å². The highest BCUT2D eigenvalue weighted by Crippen LogP contribution is 2.12. The molecule has 0 atom stereocenters. The van der Waals surface area contributed by atoms with Crippen molar-refractivity contribution in [3.63, 3.8) is 0 Å². The van der Waals surface area contributed by atoms with Crippen molar-refractivity contribution in [2.45, 2.75) is 6.54 Å². The van der Waals surface area contributed by atoms with Crippen molar-refractivity contribution in [2.24, 2.45) is 0 Å². The minimum atomic E-state index is -0.301. The third-order valence-corrected chi connectivity index (χ3v) is 3.22. The molecular formula is C19H17FN2O. The third kappa shape index (κ3) is 4.74. The van der Waals surface area contributed by atoms with Gasteiger partial charge in [0.05, 0.1) is 5.52 Å². The van der Waals surface area contributed by atoms with Gasteiger partial charge in [-0.15, -0.1) is 0 Å². The number of carbonyl (C=O) groups excluding carboxylic acids is 1. The molecule has 0 saturated heterocycles. The summed E-state index contributed by atoms with van der Waals surface area (Å²) >= 11 is 0. The number of fused-ring (bicyclic) bond motifs is 1. The van der Waals surface area contributed by atoms with Gasteiger partial charge in [-0.05, 0) is 35.4 Å². The summed E-state index contributed by atoms with van der Waals surface area (Å²) in [6.07, 6.45) is 3.98. The van der Waals surface area contributed by atoms with Crippen molar-refractivity contribution in [3.05, 3.63) is 84.3 Å². The van der Waals surface area contributed by atoms with Crippen LogP contribution in [-0.2, 0) is 11.3 Å². The van der Waals surface area contributed by atoms with Gasteiger partial charge in [0, 0.05) is 18.1 Å². The minimum Gasteiger partial charge on any atom is -0.355 e. The predicted octanol–water partition coefficient (Wildman–Crippen LogP) is 3.95. The smallest absolute Gasteiger partial charge is 0.207 e. The first kappa shape index (κ1) is 16.4. The topological polar surface area (TPSA) is 42.0 Å². The Balaban J connectivity index is 0.000000172. The lowest BCUT2D eigenvalue weighted by atomic mass is 10.1. The maximum absolute atomic E-state index is 12.7. The summed E-state index contributed by atoms with van der Waals surface area (Å²) in [6, 6.07) is 16.5. The maximum Gasteiger partial charge on any atom is 0.207 e. The summed E-state index contributed by atoms with van der Waals surface area (Å²) < 4.78 is 12.7. The highest BCUT2D eigenvalue weighted by molar-refractivity contribution is 5.77. The number of pyridine rings is 1. The number of carbonyl (C=O) groups is 1. The van der Waals surface area contributed by atoms with E-state index >= 15 is 0 Å². The second-order valence-corrected chi connectivity index (χ2v) is 4.74. The minimum absolute atomic E-state index is 0.301. The van der Waals surface area contributed by atoms with Crippen molar-refractivity contribution in [1.29, 1.82) is 0 Å². The van der Waals surface area contributed by atoms with Crippen LogP contribution in [-0.4, -0.2) is 11.4 Å². The van der Waals surface area contributed by atoms with Crippen LogP contribution in [0.15, 0.2) is 67.4 Å². The second-order valence-electron chi connectivity index (χ2n) is 4.74. The highest BCUT2D eigenvalue weighted by Gasteiger charge is 1.99. The molecule has 3 nitrogen and oxygen atoms in total. The van der Waals surface area contributed by atoms with Crippen LogP contribution in [0.5, 0.6) is 0 Å². The first-order chi connectivity index (χ1) is 11.2. The Morgan fingerprint density at radius 2 is 1.91 bits per heavy atom. The maximum atomic E-state index is 12.7. The zero-order valence-corrected chi connectivity index (χ0v) is 12.6. The Bertz CT molecular complexity index is 737. The quantitative estimate of drug-likeness (QED) is 0.742. The summed E-state index contributed by atoms with van der Waals surface area (Å²) in [5.41, 5.74) is 2.61. The van der Waals surface area contributed by atoms with E-state index < -0.39 is 0 Å². The number of benzene rings is 2. The van der Waals surface area contributed by atoms with E-state index in [1.165, 1.54) is 17.5 Å². The number of rotatable bonds is 4. The van der Waals surface area contributed by atoms with E-state index in [0.29, 0.717) is 18.5 Å². The molecule has 3 rings (SSSR count). The number of nitrogens with one attached hydrogen (secondary N) is 1. The first-order valence-electron chi connectivity index (χ1n) is 7.12. The van der Waals surface area contributed by atoms with Crippen LogP contribution in [0.3, 0.4) is 0 Å². The number of para-hydroxylation sites is 1. The SMILES string of the molecule is C=Cc1cc(F)ccc1CNC=O.c1ccc2ncccc2c1. The molecule has 0 bridgehead atoms. The molecule has 1 aromatic heterocycles. The molecule has 0 fully saturated rings. The standard InChI is InChI=1S/C10H10FNO.C9H7N/c1-2-8-5-10(11)4-3-9(8)6-12-7-13;1-2-6-9-8(4-1)5-3-7-10-9/h2-5,7H,1,6H2,(H,12,13);1-7H. The third-order valence-electron chi connectivity index (χ3n) is 3.22. The largest absolute Gasteiger partial charge is 0.355 e. The summed E-state index contributed by atoms with van der Waals surface area (Å²) in [5, 5.41) is 3.71. The Kier molecular flexibility index (Phi) is 6.00. The van der Waals surface area contributed by atoms with Gasteiger partial charge in [0.1, 0.15) is 5.82 Å². The lowest BCUT2D eigenvalue weighted by molar-refractivity contribution is -0.109. The Morgan fingerprint density at radius 1 is 1.13 bits per heavy atom. The van der Waals surface area contributed by atoms with Gasteiger partial charge in [0.25, 0.3) is 0 Å². The van der Waals surface area contributed by atoms with E-state index in [9.17, 15) is 9.18 Å². The van der Waals surface area contributed by atoms with Gasteiger partial charge in [0.2, 0.25) is 6.41 Å². The van der Waals surface area contributed by atoms with Gasteiger partial charge in [-0.25, -0.2) is 4.39 Å².